The molecule has 1 heterocycles. The summed E-state index contributed by atoms with van der Waals surface area (Å²) < 4.78 is 4.94. The summed E-state index contributed by atoms with van der Waals surface area (Å²) >= 11 is 1.83. The number of aromatic nitrogens is 1. The van der Waals surface area contributed by atoms with Crippen LogP contribution in [0.1, 0.15) is 41.5 Å². The Hall–Kier alpha value is -0.490. The van der Waals surface area contributed by atoms with Crippen LogP contribution in [0.3, 0.4) is 0 Å². The van der Waals surface area contributed by atoms with E-state index in [4.69, 9.17) is 4.74 Å². The molecule has 2 rings (SSSR count). The van der Waals surface area contributed by atoms with Crippen molar-refractivity contribution in [2.45, 2.75) is 44.2 Å². The number of thiazole rings is 1. The number of methoxy groups -OCH3 is 1. The van der Waals surface area contributed by atoms with Crippen LogP contribution in [0, 0.1) is 0 Å². The summed E-state index contributed by atoms with van der Waals surface area (Å²) in [5, 5.41) is 11.0. The molecule has 0 spiro atoms. The quantitative estimate of drug-likeness (QED) is 0.834. The summed E-state index contributed by atoms with van der Waals surface area (Å²) in [6.07, 6.45) is 6.88. The van der Waals surface area contributed by atoms with Crippen LogP contribution in [-0.2, 0) is 11.3 Å². The number of aliphatic hydroxyl groups is 1. The molecule has 1 aromatic rings. The highest BCUT2D eigenvalue weighted by Crippen LogP contribution is 2.36. The Morgan fingerprint density at radius 1 is 1.53 bits per heavy atom. The minimum Gasteiger partial charge on any atom is -0.389 e. The van der Waals surface area contributed by atoms with E-state index in [1.165, 1.54) is 35.6 Å². The smallest absolute Gasteiger partial charge is 0.0959 e. The number of hydrogen-bond donors (Lipinski definition) is 1. The zero-order valence-electron chi connectivity index (χ0n) is 11.8. The SMILES string of the molecule is COCC(O)CN(C)Cc1cnc(C2CCCC2)s1. The number of ether oxygens (including phenoxy) is 1. The molecule has 4 nitrogen and oxygen atoms in total. The standard InChI is InChI=1S/C14H24N2O2S/c1-16(8-12(17)10-18-2)9-13-7-15-14(19-13)11-5-3-4-6-11/h7,11-12,17H,3-6,8-10H2,1-2H3. The Labute approximate surface area is 119 Å². The highest BCUT2D eigenvalue weighted by Gasteiger charge is 2.20. The van der Waals surface area contributed by atoms with E-state index in [0.29, 0.717) is 19.1 Å². The van der Waals surface area contributed by atoms with Gasteiger partial charge in [-0.1, -0.05) is 12.8 Å². The third kappa shape index (κ3) is 4.53. The van der Waals surface area contributed by atoms with Gasteiger partial charge in [-0.3, -0.25) is 4.90 Å². The monoisotopic (exact) mass is 284 g/mol. The first-order valence-electron chi connectivity index (χ1n) is 6.99. The van der Waals surface area contributed by atoms with Gasteiger partial charge in [-0.15, -0.1) is 11.3 Å². The molecule has 0 aromatic carbocycles. The van der Waals surface area contributed by atoms with E-state index in [-0.39, 0.29) is 0 Å². The van der Waals surface area contributed by atoms with Gasteiger partial charge in [-0.2, -0.15) is 0 Å². The molecule has 108 valence electrons. The van der Waals surface area contributed by atoms with Crippen LogP contribution in [0.2, 0.25) is 0 Å². The zero-order valence-corrected chi connectivity index (χ0v) is 12.7. The largest absolute Gasteiger partial charge is 0.389 e. The van der Waals surface area contributed by atoms with Gasteiger partial charge < -0.3 is 9.84 Å². The molecular formula is C14H24N2O2S. The van der Waals surface area contributed by atoms with Crippen LogP contribution >= 0.6 is 11.3 Å². The first-order chi connectivity index (χ1) is 9.19. The van der Waals surface area contributed by atoms with Gasteiger partial charge in [0.15, 0.2) is 0 Å². The Morgan fingerprint density at radius 3 is 2.95 bits per heavy atom. The van der Waals surface area contributed by atoms with Crippen LogP contribution in [0.25, 0.3) is 0 Å². The van der Waals surface area contributed by atoms with Crippen molar-refractivity contribution >= 4 is 11.3 Å². The van der Waals surface area contributed by atoms with Gasteiger partial charge in [-0.05, 0) is 19.9 Å². The van der Waals surface area contributed by atoms with Gasteiger partial charge in [0, 0.05) is 37.2 Å². The van der Waals surface area contributed by atoms with Crippen molar-refractivity contribution in [2.75, 3.05) is 27.3 Å². The van der Waals surface area contributed by atoms with Crippen molar-refractivity contribution in [1.82, 2.24) is 9.88 Å². The van der Waals surface area contributed by atoms with E-state index in [1.54, 1.807) is 7.11 Å². The number of likely N-dealkylation sites (N-methyl/N-ethyl adjacent to an activating group) is 1. The maximum atomic E-state index is 9.70. The van der Waals surface area contributed by atoms with E-state index >= 15 is 0 Å². The van der Waals surface area contributed by atoms with E-state index in [1.807, 2.05) is 24.6 Å². The van der Waals surface area contributed by atoms with E-state index < -0.39 is 6.10 Å². The molecular weight excluding hydrogens is 260 g/mol. The van der Waals surface area contributed by atoms with Crippen molar-refractivity contribution in [3.63, 3.8) is 0 Å². The molecule has 19 heavy (non-hydrogen) atoms. The fraction of sp³-hybridized carbons (Fsp3) is 0.786. The Balaban J connectivity index is 1.81. The van der Waals surface area contributed by atoms with Crippen molar-refractivity contribution in [3.8, 4) is 0 Å². The molecule has 1 fully saturated rings. The van der Waals surface area contributed by atoms with Gasteiger partial charge in [0.05, 0.1) is 17.7 Å². The van der Waals surface area contributed by atoms with Crippen LogP contribution in [0.4, 0.5) is 0 Å². The van der Waals surface area contributed by atoms with Crippen LogP contribution in [0.15, 0.2) is 6.20 Å². The second-order valence-electron chi connectivity index (χ2n) is 5.45. The van der Waals surface area contributed by atoms with Gasteiger partial charge in [0.1, 0.15) is 0 Å². The highest BCUT2D eigenvalue weighted by atomic mass is 32.1. The average molecular weight is 284 g/mol. The molecule has 0 aliphatic heterocycles. The Morgan fingerprint density at radius 2 is 2.26 bits per heavy atom. The predicted octanol–water partition coefficient (Wildman–Crippen LogP) is 2.24. The average Bonchev–Trinajstić information content (AvgIpc) is 2.98. The molecule has 0 saturated heterocycles. The minimum absolute atomic E-state index is 0.389. The summed E-state index contributed by atoms with van der Waals surface area (Å²) in [4.78, 5) is 7.98. The first kappa shape index (κ1) is 14.9. The topological polar surface area (TPSA) is 45.6 Å². The second kappa shape index (κ2) is 7.33. The molecule has 1 unspecified atom stereocenters. The summed E-state index contributed by atoms with van der Waals surface area (Å²) in [7, 11) is 3.63. The van der Waals surface area contributed by atoms with Crippen molar-refractivity contribution < 1.29 is 9.84 Å². The van der Waals surface area contributed by atoms with Crippen molar-refractivity contribution in [3.05, 3.63) is 16.1 Å². The van der Waals surface area contributed by atoms with Crippen LogP contribution < -0.4 is 0 Å². The van der Waals surface area contributed by atoms with Crippen molar-refractivity contribution in [1.29, 1.82) is 0 Å². The summed E-state index contributed by atoms with van der Waals surface area (Å²) in [6.45, 7) is 1.87. The normalized spacial score (nSPS) is 18.3. The minimum atomic E-state index is -0.419. The lowest BCUT2D eigenvalue weighted by atomic mass is 10.1. The van der Waals surface area contributed by atoms with Crippen LogP contribution in [0.5, 0.6) is 0 Å². The molecule has 0 bridgehead atoms. The van der Waals surface area contributed by atoms with E-state index in [2.05, 4.69) is 9.88 Å². The number of rotatable bonds is 7. The third-order valence-corrected chi connectivity index (χ3v) is 4.73. The van der Waals surface area contributed by atoms with E-state index in [9.17, 15) is 5.11 Å². The second-order valence-corrected chi connectivity index (χ2v) is 6.60. The molecule has 1 saturated carbocycles. The third-order valence-electron chi connectivity index (χ3n) is 3.58. The maximum absolute atomic E-state index is 9.70. The summed E-state index contributed by atoms with van der Waals surface area (Å²) in [6, 6.07) is 0. The lowest BCUT2D eigenvalue weighted by Crippen LogP contribution is -2.31. The predicted molar refractivity (Wildman–Crippen MR) is 77.5 cm³/mol. The number of aliphatic hydroxyl groups excluding tert-OH is 1. The molecule has 0 radical (unpaired) electrons. The van der Waals surface area contributed by atoms with Gasteiger partial charge in [0.2, 0.25) is 0 Å². The lowest BCUT2D eigenvalue weighted by molar-refractivity contribution is 0.0420. The molecule has 1 aromatic heterocycles. The molecule has 1 N–H and O–H groups in total. The molecule has 5 heteroatoms. The van der Waals surface area contributed by atoms with Gasteiger partial charge in [0.25, 0.3) is 0 Å². The fourth-order valence-corrected chi connectivity index (χ4v) is 3.86. The highest BCUT2D eigenvalue weighted by molar-refractivity contribution is 7.11. The number of nitrogens with zero attached hydrogens (tertiary/aromatic N) is 2. The zero-order chi connectivity index (χ0) is 13.7. The van der Waals surface area contributed by atoms with Crippen LogP contribution in [-0.4, -0.2) is 48.4 Å². The van der Waals surface area contributed by atoms with Gasteiger partial charge in [-0.25, -0.2) is 4.98 Å². The Kier molecular flexibility index (Phi) is 5.76. The lowest BCUT2D eigenvalue weighted by Gasteiger charge is -2.19. The Bertz CT molecular complexity index is 377. The molecule has 1 aliphatic rings. The van der Waals surface area contributed by atoms with Crippen molar-refractivity contribution in [2.24, 2.45) is 0 Å². The first-order valence-corrected chi connectivity index (χ1v) is 7.81. The summed E-state index contributed by atoms with van der Waals surface area (Å²) in [5.41, 5.74) is 0. The molecule has 1 aliphatic carbocycles. The molecule has 1 atom stereocenters. The van der Waals surface area contributed by atoms with Gasteiger partial charge >= 0.3 is 0 Å². The fourth-order valence-electron chi connectivity index (χ4n) is 2.69. The van der Waals surface area contributed by atoms with E-state index in [0.717, 1.165) is 6.54 Å². The molecule has 0 amide bonds. The number of hydrogen-bond acceptors (Lipinski definition) is 5. The maximum Gasteiger partial charge on any atom is 0.0959 e. The summed E-state index contributed by atoms with van der Waals surface area (Å²) in [5.74, 6) is 0.697.